The lowest BCUT2D eigenvalue weighted by molar-refractivity contribution is 0.0966. The first-order valence-corrected chi connectivity index (χ1v) is 7.24. The molecule has 1 saturated carbocycles. The maximum atomic E-state index is 3.71. The summed E-state index contributed by atoms with van der Waals surface area (Å²) in [7, 11) is 0. The highest BCUT2D eigenvalue weighted by Crippen LogP contribution is 2.37. The van der Waals surface area contributed by atoms with E-state index in [9.17, 15) is 0 Å². The first-order chi connectivity index (χ1) is 8.69. The summed E-state index contributed by atoms with van der Waals surface area (Å²) in [5.41, 5.74) is 1.53. The van der Waals surface area contributed by atoms with Crippen molar-refractivity contribution in [3.05, 3.63) is 35.9 Å². The summed E-state index contributed by atoms with van der Waals surface area (Å²) >= 11 is 0. The van der Waals surface area contributed by atoms with E-state index in [0.717, 1.165) is 25.0 Å². The van der Waals surface area contributed by atoms with E-state index < -0.39 is 0 Å². The monoisotopic (exact) mass is 244 g/mol. The van der Waals surface area contributed by atoms with Gasteiger partial charge in [-0.2, -0.15) is 0 Å². The fourth-order valence-corrected chi connectivity index (χ4v) is 3.24. The SMILES string of the molecule is CC(C1CC1)N1CCNC(C)(c2ccccc2)C1. The van der Waals surface area contributed by atoms with Gasteiger partial charge in [0, 0.05) is 25.7 Å². The molecule has 3 rings (SSSR count). The molecule has 1 aliphatic carbocycles. The van der Waals surface area contributed by atoms with Crippen LogP contribution in [0.15, 0.2) is 30.3 Å². The van der Waals surface area contributed by atoms with Crippen LogP contribution < -0.4 is 5.32 Å². The highest BCUT2D eigenvalue weighted by molar-refractivity contribution is 5.25. The van der Waals surface area contributed by atoms with Crippen LogP contribution in [0.25, 0.3) is 0 Å². The predicted molar refractivity (Wildman–Crippen MR) is 75.6 cm³/mol. The number of hydrogen-bond acceptors (Lipinski definition) is 2. The molecule has 1 aliphatic heterocycles. The average molecular weight is 244 g/mol. The molecule has 98 valence electrons. The summed E-state index contributed by atoms with van der Waals surface area (Å²) in [5, 5.41) is 3.71. The first-order valence-electron chi connectivity index (χ1n) is 7.24. The lowest BCUT2D eigenvalue weighted by atomic mass is 9.89. The van der Waals surface area contributed by atoms with Crippen molar-refractivity contribution >= 4 is 0 Å². The minimum Gasteiger partial charge on any atom is -0.305 e. The number of benzene rings is 1. The zero-order chi connectivity index (χ0) is 12.6. The maximum absolute atomic E-state index is 3.71. The minimum atomic E-state index is 0.114. The molecule has 1 heterocycles. The third kappa shape index (κ3) is 2.32. The van der Waals surface area contributed by atoms with Crippen LogP contribution in [0.1, 0.15) is 32.3 Å². The topological polar surface area (TPSA) is 15.3 Å². The molecule has 2 unspecified atom stereocenters. The van der Waals surface area contributed by atoms with Crippen molar-refractivity contribution < 1.29 is 0 Å². The molecule has 1 aromatic carbocycles. The summed E-state index contributed by atoms with van der Waals surface area (Å²) in [6.07, 6.45) is 2.88. The maximum Gasteiger partial charge on any atom is 0.0535 e. The summed E-state index contributed by atoms with van der Waals surface area (Å²) in [4.78, 5) is 2.68. The van der Waals surface area contributed by atoms with E-state index in [4.69, 9.17) is 0 Å². The largest absolute Gasteiger partial charge is 0.305 e. The van der Waals surface area contributed by atoms with Crippen molar-refractivity contribution in [2.24, 2.45) is 5.92 Å². The van der Waals surface area contributed by atoms with E-state index >= 15 is 0 Å². The smallest absolute Gasteiger partial charge is 0.0535 e. The van der Waals surface area contributed by atoms with Gasteiger partial charge >= 0.3 is 0 Å². The minimum absolute atomic E-state index is 0.114. The highest BCUT2D eigenvalue weighted by atomic mass is 15.2. The van der Waals surface area contributed by atoms with Gasteiger partial charge in [0.05, 0.1) is 5.54 Å². The molecular formula is C16H24N2. The normalized spacial score (nSPS) is 31.2. The molecule has 0 bridgehead atoms. The standard InChI is InChI=1S/C16H24N2/c1-13(14-8-9-14)18-11-10-17-16(2,12-18)15-6-4-3-5-7-15/h3-7,13-14,17H,8-12H2,1-2H3. The van der Waals surface area contributed by atoms with E-state index in [2.05, 4.69) is 54.4 Å². The Balaban J connectivity index is 1.76. The predicted octanol–water partition coefficient (Wildman–Crippen LogP) is 2.61. The number of nitrogens with zero attached hydrogens (tertiary/aromatic N) is 1. The van der Waals surface area contributed by atoms with Gasteiger partial charge < -0.3 is 5.32 Å². The molecule has 0 spiro atoms. The number of hydrogen-bond donors (Lipinski definition) is 1. The second kappa shape index (κ2) is 4.67. The van der Waals surface area contributed by atoms with E-state index in [1.165, 1.54) is 24.9 Å². The molecule has 2 aliphatic rings. The molecule has 18 heavy (non-hydrogen) atoms. The second-order valence-electron chi connectivity index (χ2n) is 6.17. The lowest BCUT2D eigenvalue weighted by Crippen LogP contribution is -2.58. The van der Waals surface area contributed by atoms with Gasteiger partial charge in [-0.15, -0.1) is 0 Å². The quantitative estimate of drug-likeness (QED) is 0.879. The Hall–Kier alpha value is -0.860. The summed E-state index contributed by atoms with van der Waals surface area (Å²) in [6, 6.07) is 11.6. The Morgan fingerprint density at radius 2 is 2.00 bits per heavy atom. The molecule has 2 nitrogen and oxygen atoms in total. The summed E-state index contributed by atoms with van der Waals surface area (Å²) < 4.78 is 0. The molecule has 0 radical (unpaired) electrons. The Morgan fingerprint density at radius 1 is 1.28 bits per heavy atom. The van der Waals surface area contributed by atoms with Crippen LogP contribution in [0.3, 0.4) is 0 Å². The average Bonchev–Trinajstić information content (AvgIpc) is 3.23. The van der Waals surface area contributed by atoms with Crippen molar-refractivity contribution in [1.29, 1.82) is 0 Å². The molecule has 0 amide bonds. The molecule has 1 aromatic rings. The summed E-state index contributed by atoms with van der Waals surface area (Å²) in [5.74, 6) is 0.961. The Bertz CT molecular complexity index is 399. The van der Waals surface area contributed by atoms with Gasteiger partial charge in [-0.25, -0.2) is 0 Å². The van der Waals surface area contributed by atoms with Crippen LogP contribution in [0, 0.1) is 5.92 Å². The fourth-order valence-electron chi connectivity index (χ4n) is 3.24. The van der Waals surface area contributed by atoms with Gasteiger partial charge in [-0.1, -0.05) is 30.3 Å². The highest BCUT2D eigenvalue weighted by Gasteiger charge is 2.38. The van der Waals surface area contributed by atoms with Crippen LogP contribution in [0.5, 0.6) is 0 Å². The van der Waals surface area contributed by atoms with E-state index in [0.29, 0.717) is 0 Å². The van der Waals surface area contributed by atoms with E-state index in [1.54, 1.807) is 0 Å². The van der Waals surface area contributed by atoms with Gasteiger partial charge in [0.2, 0.25) is 0 Å². The van der Waals surface area contributed by atoms with Crippen molar-refractivity contribution in [3.63, 3.8) is 0 Å². The van der Waals surface area contributed by atoms with Gasteiger partial charge in [-0.05, 0) is 38.2 Å². The third-order valence-electron chi connectivity index (χ3n) is 4.72. The number of piperazine rings is 1. The zero-order valence-electron chi connectivity index (χ0n) is 11.5. The first kappa shape index (κ1) is 12.2. The molecular weight excluding hydrogens is 220 g/mol. The van der Waals surface area contributed by atoms with Crippen molar-refractivity contribution in [1.82, 2.24) is 10.2 Å². The summed E-state index contributed by atoms with van der Waals surface area (Å²) in [6.45, 7) is 8.18. The molecule has 1 saturated heterocycles. The molecule has 0 aromatic heterocycles. The number of nitrogens with one attached hydrogen (secondary N) is 1. The Kier molecular flexibility index (Phi) is 3.16. The molecule has 2 fully saturated rings. The van der Waals surface area contributed by atoms with Gasteiger partial charge in [0.25, 0.3) is 0 Å². The Labute approximate surface area is 110 Å². The van der Waals surface area contributed by atoms with Crippen LogP contribution in [0.2, 0.25) is 0 Å². The molecule has 2 atom stereocenters. The molecule has 1 N–H and O–H groups in total. The van der Waals surface area contributed by atoms with Crippen LogP contribution in [-0.2, 0) is 5.54 Å². The van der Waals surface area contributed by atoms with E-state index in [1.807, 2.05) is 0 Å². The zero-order valence-corrected chi connectivity index (χ0v) is 11.5. The van der Waals surface area contributed by atoms with Crippen LogP contribution >= 0.6 is 0 Å². The van der Waals surface area contributed by atoms with Gasteiger partial charge in [-0.3, -0.25) is 4.90 Å². The van der Waals surface area contributed by atoms with Crippen molar-refractivity contribution in [2.75, 3.05) is 19.6 Å². The fraction of sp³-hybridized carbons (Fsp3) is 0.625. The van der Waals surface area contributed by atoms with Crippen molar-refractivity contribution in [3.8, 4) is 0 Å². The van der Waals surface area contributed by atoms with Crippen LogP contribution in [-0.4, -0.2) is 30.6 Å². The van der Waals surface area contributed by atoms with Crippen LogP contribution in [0.4, 0.5) is 0 Å². The van der Waals surface area contributed by atoms with Gasteiger partial charge in [0.15, 0.2) is 0 Å². The van der Waals surface area contributed by atoms with Gasteiger partial charge in [0.1, 0.15) is 0 Å². The third-order valence-corrected chi connectivity index (χ3v) is 4.72. The van der Waals surface area contributed by atoms with Crippen molar-refractivity contribution in [2.45, 2.75) is 38.3 Å². The molecule has 2 heteroatoms. The lowest BCUT2D eigenvalue weighted by Gasteiger charge is -2.44. The second-order valence-corrected chi connectivity index (χ2v) is 6.17. The van der Waals surface area contributed by atoms with E-state index in [-0.39, 0.29) is 5.54 Å². The Morgan fingerprint density at radius 3 is 2.67 bits per heavy atom. The number of rotatable bonds is 3.